The van der Waals surface area contributed by atoms with Crippen LogP contribution >= 0.6 is 11.3 Å². The van der Waals surface area contributed by atoms with E-state index in [0.717, 1.165) is 26.5 Å². The van der Waals surface area contributed by atoms with Gasteiger partial charge in [-0.25, -0.2) is 4.98 Å². The van der Waals surface area contributed by atoms with Crippen molar-refractivity contribution in [2.24, 2.45) is 0 Å². The lowest BCUT2D eigenvalue weighted by molar-refractivity contribution is 0.0856. The van der Waals surface area contributed by atoms with Gasteiger partial charge in [0.15, 0.2) is 11.6 Å². The van der Waals surface area contributed by atoms with E-state index in [1.807, 2.05) is 50.9 Å². The quantitative estimate of drug-likeness (QED) is 0.663. The molecule has 3 aromatic rings. The van der Waals surface area contributed by atoms with Gasteiger partial charge in [0, 0.05) is 11.3 Å². The Labute approximate surface area is 157 Å². The van der Waals surface area contributed by atoms with Crippen LogP contribution in [0.4, 0.5) is 0 Å². The van der Waals surface area contributed by atoms with Crippen molar-refractivity contribution >= 4 is 33.1 Å². The number of rotatable bonds is 6. The summed E-state index contributed by atoms with van der Waals surface area (Å²) < 4.78 is 1.15. The fourth-order valence-corrected chi connectivity index (χ4v) is 4.30. The number of thiazole rings is 1. The molecule has 136 valence electrons. The molecule has 0 aliphatic carbocycles. The van der Waals surface area contributed by atoms with Gasteiger partial charge >= 0.3 is 0 Å². The molecule has 0 amide bonds. The van der Waals surface area contributed by atoms with Gasteiger partial charge < -0.3 is 4.98 Å². The number of ketones is 2. The molecule has 0 unspecified atom stereocenters. The third-order valence-corrected chi connectivity index (χ3v) is 5.82. The number of fused-ring (bicyclic) bond motifs is 1. The number of H-pyrrole nitrogens is 1. The number of hydrogen-bond donors (Lipinski definition) is 1. The Kier molecular flexibility index (Phi) is 5.07. The van der Waals surface area contributed by atoms with E-state index in [1.165, 1.54) is 6.92 Å². The van der Waals surface area contributed by atoms with Crippen LogP contribution in [0.1, 0.15) is 51.0 Å². The molecular weight excluding hydrogens is 346 g/mol. The summed E-state index contributed by atoms with van der Waals surface area (Å²) in [6, 6.07) is 7.71. The smallest absolute Gasteiger partial charge is 0.196 e. The van der Waals surface area contributed by atoms with Crippen LogP contribution in [0.3, 0.4) is 0 Å². The number of aryl methyl sites for hydroxylation is 1. The van der Waals surface area contributed by atoms with Gasteiger partial charge in [-0.2, -0.15) is 0 Å². The molecular formula is C20H23N3O2S. The van der Waals surface area contributed by atoms with Gasteiger partial charge in [0.1, 0.15) is 5.01 Å². The minimum Gasteiger partial charge on any atom is -0.355 e. The van der Waals surface area contributed by atoms with Crippen LogP contribution in [0, 0.1) is 13.8 Å². The predicted molar refractivity (Wildman–Crippen MR) is 105 cm³/mol. The first-order valence-corrected chi connectivity index (χ1v) is 9.40. The molecule has 1 atom stereocenters. The SMILES string of the molecule is CC(=O)c1c(C)[nH]c(C(=O)[C@@H](C)N(C)Cc2nc3ccccc3s2)c1C. The zero-order valence-corrected chi connectivity index (χ0v) is 16.5. The summed E-state index contributed by atoms with van der Waals surface area (Å²) in [6.45, 7) is 7.67. The van der Waals surface area contributed by atoms with Gasteiger partial charge in [0.2, 0.25) is 0 Å². The van der Waals surface area contributed by atoms with Crippen LogP contribution in [-0.4, -0.2) is 39.5 Å². The average Bonchev–Trinajstić information content (AvgIpc) is 3.12. The van der Waals surface area contributed by atoms with Gasteiger partial charge in [-0.05, 0) is 52.4 Å². The van der Waals surface area contributed by atoms with Crippen molar-refractivity contribution in [3.05, 3.63) is 51.8 Å². The second kappa shape index (κ2) is 7.13. The maximum Gasteiger partial charge on any atom is 0.196 e. The summed E-state index contributed by atoms with van der Waals surface area (Å²) in [5, 5.41) is 0.983. The minimum absolute atomic E-state index is 0.0123. The largest absolute Gasteiger partial charge is 0.355 e. The highest BCUT2D eigenvalue weighted by molar-refractivity contribution is 7.18. The summed E-state index contributed by atoms with van der Waals surface area (Å²) >= 11 is 1.65. The zero-order valence-electron chi connectivity index (χ0n) is 15.7. The third kappa shape index (κ3) is 3.34. The second-order valence-electron chi connectivity index (χ2n) is 6.71. The lowest BCUT2D eigenvalue weighted by atomic mass is 10.0. The molecule has 3 rings (SSSR count). The average molecular weight is 369 g/mol. The zero-order chi connectivity index (χ0) is 19.0. The monoisotopic (exact) mass is 369 g/mol. The highest BCUT2D eigenvalue weighted by Gasteiger charge is 2.26. The molecule has 0 radical (unpaired) electrons. The third-order valence-electron chi connectivity index (χ3n) is 4.80. The number of benzene rings is 1. The van der Waals surface area contributed by atoms with E-state index in [1.54, 1.807) is 11.3 Å². The summed E-state index contributed by atoms with van der Waals surface area (Å²) in [7, 11) is 1.92. The van der Waals surface area contributed by atoms with Gasteiger partial charge in [0.25, 0.3) is 0 Å². The van der Waals surface area contributed by atoms with Crippen LogP contribution < -0.4 is 0 Å². The van der Waals surface area contributed by atoms with Gasteiger partial charge in [0.05, 0.1) is 28.5 Å². The lowest BCUT2D eigenvalue weighted by Crippen LogP contribution is -2.36. The normalized spacial score (nSPS) is 12.7. The Morgan fingerprint density at radius 3 is 2.58 bits per heavy atom. The van der Waals surface area contributed by atoms with E-state index in [4.69, 9.17) is 0 Å². The Morgan fingerprint density at radius 2 is 1.96 bits per heavy atom. The van der Waals surface area contributed by atoms with E-state index >= 15 is 0 Å². The minimum atomic E-state index is -0.321. The highest BCUT2D eigenvalue weighted by Crippen LogP contribution is 2.24. The van der Waals surface area contributed by atoms with Crippen molar-refractivity contribution in [2.45, 2.75) is 40.3 Å². The summed E-state index contributed by atoms with van der Waals surface area (Å²) in [5.41, 5.74) is 3.62. The molecule has 6 heteroatoms. The number of aromatic amines is 1. The summed E-state index contributed by atoms with van der Waals surface area (Å²) in [5.74, 6) is -0.0347. The highest BCUT2D eigenvalue weighted by atomic mass is 32.1. The fourth-order valence-electron chi connectivity index (χ4n) is 3.27. The topological polar surface area (TPSA) is 66.1 Å². The van der Waals surface area contributed by atoms with Gasteiger partial charge in [-0.15, -0.1) is 11.3 Å². The van der Waals surface area contributed by atoms with E-state index < -0.39 is 0 Å². The van der Waals surface area contributed by atoms with Crippen LogP contribution in [0.2, 0.25) is 0 Å². The van der Waals surface area contributed by atoms with E-state index in [-0.39, 0.29) is 17.6 Å². The standard InChI is InChI=1S/C20H23N3O2S/c1-11-18(14(4)24)12(2)21-19(11)20(25)13(3)23(5)10-17-22-15-8-6-7-9-16(15)26-17/h6-9,13,21H,10H2,1-5H3/t13-/m1/s1. The van der Waals surface area contributed by atoms with Crippen LogP contribution in [-0.2, 0) is 6.54 Å². The number of likely N-dealkylation sites (N-methyl/N-ethyl adjacent to an activating group) is 1. The molecule has 0 fully saturated rings. The number of carbonyl (C=O) groups excluding carboxylic acids is 2. The molecule has 0 bridgehead atoms. The van der Waals surface area contributed by atoms with Crippen molar-refractivity contribution in [1.29, 1.82) is 0 Å². The maximum atomic E-state index is 13.0. The number of nitrogens with one attached hydrogen (secondary N) is 1. The number of para-hydroxylation sites is 1. The first kappa shape index (κ1) is 18.5. The molecule has 1 N–H and O–H groups in total. The number of nitrogens with zero attached hydrogens (tertiary/aromatic N) is 2. The molecule has 5 nitrogen and oxygen atoms in total. The van der Waals surface area contributed by atoms with Crippen molar-refractivity contribution in [3.63, 3.8) is 0 Å². The van der Waals surface area contributed by atoms with Gasteiger partial charge in [-0.3, -0.25) is 14.5 Å². The second-order valence-corrected chi connectivity index (χ2v) is 7.83. The van der Waals surface area contributed by atoms with Crippen LogP contribution in [0.25, 0.3) is 10.2 Å². The summed E-state index contributed by atoms with van der Waals surface area (Å²) in [4.78, 5) is 34.5. The predicted octanol–water partition coefficient (Wildman–Crippen LogP) is 4.15. The Balaban J connectivity index is 1.79. The summed E-state index contributed by atoms with van der Waals surface area (Å²) in [6.07, 6.45) is 0. The number of Topliss-reactive ketones (excluding diaryl/α,β-unsaturated/α-hetero) is 2. The van der Waals surface area contributed by atoms with Crippen molar-refractivity contribution in [2.75, 3.05) is 7.05 Å². The lowest BCUT2D eigenvalue weighted by Gasteiger charge is -2.22. The molecule has 0 saturated heterocycles. The number of aromatic nitrogens is 2. The molecule has 2 aromatic heterocycles. The van der Waals surface area contributed by atoms with E-state index in [2.05, 4.69) is 16.0 Å². The van der Waals surface area contributed by atoms with Crippen molar-refractivity contribution in [3.8, 4) is 0 Å². The Hall–Kier alpha value is -2.31. The van der Waals surface area contributed by atoms with Gasteiger partial charge in [-0.1, -0.05) is 12.1 Å². The molecule has 0 aliphatic rings. The molecule has 1 aromatic carbocycles. The van der Waals surface area contributed by atoms with Crippen LogP contribution in [0.5, 0.6) is 0 Å². The van der Waals surface area contributed by atoms with E-state index in [0.29, 0.717) is 17.8 Å². The number of hydrogen-bond acceptors (Lipinski definition) is 5. The Morgan fingerprint density at radius 1 is 1.27 bits per heavy atom. The molecule has 26 heavy (non-hydrogen) atoms. The van der Waals surface area contributed by atoms with Crippen molar-refractivity contribution < 1.29 is 9.59 Å². The molecule has 2 heterocycles. The first-order chi connectivity index (χ1) is 12.3. The van der Waals surface area contributed by atoms with E-state index in [9.17, 15) is 9.59 Å². The molecule has 0 spiro atoms. The van der Waals surface area contributed by atoms with Crippen LogP contribution in [0.15, 0.2) is 24.3 Å². The Bertz CT molecular complexity index is 953. The maximum absolute atomic E-state index is 13.0. The first-order valence-electron chi connectivity index (χ1n) is 8.58. The number of carbonyl (C=O) groups is 2. The molecule has 0 aliphatic heterocycles. The fraction of sp³-hybridized carbons (Fsp3) is 0.350. The van der Waals surface area contributed by atoms with Crippen molar-refractivity contribution in [1.82, 2.24) is 14.9 Å². The molecule has 0 saturated carbocycles.